The van der Waals surface area contributed by atoms with Gasteiger partial charge in [0.2, 0.25) is 0 Å². The summed E-state index contributed by atoms with van der Waals surface area (Å²) in [6.45, 7) is 9.95. The molecule has 0 spiro atoms. The van der Waals surface area contributed by atoms with Gasteiger partial charge in [-0.25, -0.2) is 0 Å². The van der Waals surface area contributed by atoms with Gasteiger partial charge < -0.3 is 10.3 Å². The first-order valence-corrected chi connectivity index (χ1v) is 10.5. The van der Waals surface area contributed by atoms with E-state index in [1.165, 1.54) is 25.1 Å². The first kappa shape index (κ1) is 22.2. The van der Waals surface area contributed by atoms with E-state index in [9.17, 15) is 9.59 Å². The van der Waals surface area contributed by atoms with Crippen molar-refractivity contribution in [2.75, 3.05) is 7.05 Å². The van der Waals surface area contributed by atoms with Gasteiger partial charge in [-0.3, -0.25) is 9.59 Å². The maximum Gasteiger partial charge on any atom is 0.259 e. The van der Waals surface area contributed by atoms with Gasteiger partial charge in [-0.05, 0) is 56.5 Å². The molecule has 2 heterocycles. The van der Waals surface area contributed by atoms with E-state index in [2.05, 4.69) is 35.4 Å². The number of Topliss-reactive ketones (excluding diaryl/α,β-unsaturated/α-hetero) is 1. The smallest absolute Gasteiger partial charge is 0.259 e. The molecule has 1 saturated heterocycles. The Morgan fingerprint density at radius 2 is 2.04 bits per heavy atom. The second kappa shape index (κ2) is 9.88. The highest BCUT2D eigenvalue weighted by Crippen LogP contribution is 2.26. The number of aromatic nitrogens is 1. The number of pyridine rings is 1. The van der Waals surface area contributed by atoms with Crippen LogP contribution in [0.3, 0.4) is 0 Å². The summed E-state index contributed by atoms with van der Waals surface area (Å²) in [5, 5.41) is 3.38. The molecule has 1 aromatic carbocycles. The van der Waals surface area contributed by atoms with Gasteiger partial charge in [-0.15, -0.1) is 0 Å². The third-order valence-corrected chi connectivity index (χ3v) is 5.79. The Labute approximate surface area is 169 Å². The molecule has 0 bridgehead atoms. The predicted octanol–water partition coefficient (Wildman–Crippen LogP) is 3.84. The first-order chi connectivity index (χ1) is 13.5. The molecular weight excluding hydrogens is 347 g/mol. The molecule has 0 saturated carbocycles. The van der Waals surface area contributed by atoms with E-state index in [-0.39, 0.29) is 16.9 Å². The van der Waals surface area contributed by atoms with Crippen LogP contribution in [0.15, 0.2) is 29.1 Å². The Bertz CT molecular complexity index is 889. The molecule has 1 atom stereocenters. The molecule has 3 rings (SSSR count). The molecule has 0 amide bonds. The molecule has 2 N–H and O–H groups in total. The van der Waals surface area contributed by atoms with Crippen molar-refractivity contribution in [3.63, 3.8) is 0 Å². The zero-order valence-electron chi connectivity index (χ0n) is 18.1. The fourth-order valence-corrected chi connectivity index (χ4v) is 4.37. The average Bonchev–Trinajstić information content (AvgIpc) is 3.18. The lowest BCUT2D eigenvalue weighted by atomic mass is 9.43. The minimum atomic E-state index is -0.288. The molecule has 1 unspecified atom stereocenters. The third-order valence-electron chi connectivity index (χ3n) is 5.79. The number of ketones is 1. The van der Waals surface area contributed by atoms with E-state index < -0.39 is 0 Å². The average molecular weight is 380 g/mol. The molecule has 1 fully saturated rings. The largest absolute Gasteiger partial charge is 0.321 e. The molecule has 1 aromatic heterocycles. The molecule has 0 radical (unpaired) electrons. The standard InChI is InChI=1S/C21H27BN2O2.C2H6/c1-5-18-13(2)19(14(3)25)21(26)24-20(18)15-7-6-8-16(11-15)22-10-9-17(12-22)23-4;1-2/h6-8,11,17,23H,5,9-10,12H2,1-4H3,(H,24,26);1-2H3. The summed E-state index contributed by atoms with van der Waals surface area (Å²) in [6, 6.07) is 9.10. The molecule has 4 nitrogen and oxygen atoms in total. The van der Waals surface area contributed by atoms with Gasteiger partial charge in [0.1, 0.15) is 0 Å². The zero-order chi connectivity index (χ0) is 20.8. The number of aromatic amines is 1. The molecule has 2 aromatic rings. The second-order valence-electron chi connectivity index (χ2n) is 7.34. The van der Waals surface area contributed by atoms with Crippen LogP contribution in [0.5, 0.6) is 0 Å². The maximum atomic E-state index is 12.5. The normalized spacial score (nSPS) is 15.9. The molecular formula is C23H33BN2O2. The number of hydrogen-bond donors (Lipinski definition) is 2. The monoisotopic (exact) mass is 380 g/mol. The van der Waals surface area contributed by atoms with Gasteiger partial charge in [0, 0.05) is 0 Å². The van der Waals surface area contributed by atoms with Crippen LogP contribution in [0.4, 0.5) is 0 Å². The fourth-order valence-electron chi connectivity index (χ4n) is 4.37. The van der Waals surface area contributed by atoms with E-state index in [0.29, 0.717) is 12.8 Å². The number of benzene rings is 1. The molecule has 28 heavy (non-hydrogen) atoms. The van der Waals surface area contributed by atoms with E-state index in [4.69, 9.17) is 0 Å². The minimum absolute atomic E-state index is 0.178. The van der Waals surface area contributed by atoms with Crippen LogP contribution in [-0.4, -0.2) is 30.6 Å². The maximum absolute atomic E-state index is 12.5. The highest BCUT2D eigenvalue weighted by Gasteiger charge is 2.28. The van der Waals surface area contributed by atoms with Crippen molar-refractivity contribution in [3.05, 3.63) is 51.3 Å². The van der Waals surface area contributed by atoms with Crippen molar-refractivity contribution in [1.29, 1.82) is 0 Å². The van der Waals surface area contributed by atoms with Crippen LogP contribution in [0.25, 0.3) is 11.3 Å². The SMILES string of the molecule is CC.CCc1c(-c2cccc(B3CCC(NC)C3)c2)[nH]c(=O)c(C(C)=O)c1C. The molecule has 5 heteroatoms. The summed E-state index contributed by atoms with van der Waals surface area (Å²) >= 11 is 0. The molecule has 150 valence electrons. The van der Waals surface area contributed by atoms with Gasteiger partial charge in [-0.2, -0.15) is 0 Å². The van der Waals surface area contributed by atoms with E-state index in [1.807, 2.05) is 33.9 Å². The molecule has 1 aliphatic rings. The van der Waals surface area contributed by atoms with Crippen molar-refractivity contribution in [2.24, 2.45) is 0 Å². The Kier molecular flexibility index (Phi) is 7.82. The Hall–Kier alpha value is -2.14. The minimum Gasteiger partial charge on any atom is -0.321 e. The highest BCUT2D eigenvalue weighted by molar-refractivity contribution is 6.74. The van der Waals surface area contributed by atoms with Gasteiger partial charge in [0.05, 0.1) is 11.3 Å². The summed E-state index contributed by atoms with van der Waals surface area (Å²) in [5.74, 6) is -0.178. The van der Waals surface area contributed by atoms with E-state index >= 15 is 0 Å². The summed E-state index contributed by atoms with van der Waals surface area (Å²) in [4.78, 5) is 27.3. The quantitative estimate of drug-likeness (QED) is 0.612. The Morgan fingerprint density at radius 1 is 1.32 bits per heavy atom. The Morgan fingerprint density at radius 3 is 2.61 bits per heavy atom. The van der Waals surface area contributed by atoms with Crippen LogP contribution in [-0.2, 0) is 6.42 Å². The van der Waals surface area contributed by atoms with Gasteiger partial charge >= 0.3 is 0 Å². The van der Waals surface area contributed by atoms with Crippen molar-refractivity contribution >= 4 is 18.0 Å². The number of H-pyrrole nitrogens is 1. The predicted molar refractivity (Wildman–Crippen MR) is 120 cm³/mol. The van der Waals surface area contributed by atoms with Crippen LogP contribution in [0, 0.1) is 6.92 Å². The summed E-state index contributed by atoms with van der Waals surface area (Å²) in [6.07, 6.45) is 4.32. The van der Waals surface area contributed by atoms with Crippen LogP contribution < -0.4 is 16.3 Å². The lowest BCUT2D eigenvalue weighted by Crippen LogP contribution is -2.30. The van der Waals surface area contributed by atoms with E-state index in [0.717, 1.165) is 35.1 Å². The fraction of sp³-hybridized carbons (Fsp3) is 0.478. The van der Waals surface area contributed by atoms with Crippen molar-refractivity contribution in [1.82, 2.24) is 10.3 Å². The Balaban J connectivity index is 0.00000136. The first-order valence-electron chi connectivity index (χ1n) is 10.5. The van der Waals surface area contributed by atoms with Crippen molar-refractivity contribution in [3.8, 4) is 11.3 Å². The van der Waals surface area contributed by atoms with Crippen LogP contribution >= 0.6 is 0 Å². The topological polar surface area (TPSA) is 62.0 Å². The van der Waals surface area contributed by atoms with Crippen LogP contribution in [0.1, 0.15) is 55.6 Å². The molecule has 1 aliphatic heterocycles. The van der Waals surface area contributed by atoms with Crippen molar-refractivity contribution < 1.29 is 4.79 Å². The summed E-state index contributed by atoms with van der Waals surface area (Å²) < 4.78 is 0. The third kappa shape index (κ3) is 4.46. The number of rotatable bonds is 5. The number of nitrogens with one attached hydrogen (secondary N) is 2. The van der Waals surface area contributed by atoms with Gasteiger partial charge in [0.15, 0.2) is 12.5 Å². The summed E-state index contributed by atoms with van der Waals surface area (Å²) in [7, 11) is 2.03. The lowest BCUT2D eigenvalue weighted by Gasteiger charge is -2.15. The zero-order valence-corrected chi connectivity index (χ0v) is 18.1. The van der Waals surface area contributed by atoms with Gasteiger partial charge in [-0.1, -0.05) is 63.1 Å². The van der Waals surface area contributed by atoms with Gasteiger partial charge in [0.25, 0.3) is 5.56 Å². The summed E-state index contributed by atoms with van der Waals surface area (Å²) in [5.41, 5.74) is 5.06. The second-order valence-corrected chi connectivity index (χ2v) is 7.34. The highest BCUT2D eigenvalue weighted by atomic mass is 16.1. The number of carbonyl (C=O) groups excluding carboxylic acids is 1. The lowest BCUT2D eigenvalue weighted by molar-refractivity contribution is 0.101. The number of hydrogen-bond acceptors (Lipinski definition) is 3. The van der Waals surface area contributed by atoms with E-state index in [1.54, 1.807) is 0 Å². The van der Waals surface area contributed by atoms with Crippen LogP contribution in [0.2, 0.25) is 12.6 Å². The number of carbonyl (C=O) groups is 1. The molecule has 0 aliphatic carbocycles. The van der Waals surface area contributed by atoms with Crippen molar-refractivity contribution in [2.45, 2.75) is 66.1 Å².